The molecule has 3 unspecified atom stereocenters. The number of rotatable bonds is 5. The van der Waals surface area contributed by atoms with Crippen LogP contribution in [0.15, 0.2) is 23.0 Å². The Balaban J connectivity index is 1.99. The number of hydrogen-bond acceptors (Lipinski definition) is 7. The van der Waals surface area contributed by atoms with Crippen molar-refractivity contribution in [1.82, 2.24) is 0 Å². The summed E-state index contributed by atoms with van der Waals surface area (Å²) in [5.74, 6) is -6.15. The zero-order valence-electron chi connectivity index (χ0n) is 20.9. The van der Waals surface area contributed by atoms with Gasteiger partial charge < -0.3 is 20.4 Å². The van der Waals surface area contributed by atoms with E-state index in [4.69, 9.17) is 0 Å². The van der Waals surface area contributed by atoms with Crippen LogP contribution in [0.5, 0.6) is 5.75 Å². The van der Waals surface area contributed by atoms with Gasteiger partial charge in [-0.25, -0.2) is 0 Å². The van der Waals surface area contributed by atoms with Crippen molar-refractivity contribution in [3.05, 3.63) is 45.2 Å². The molecule has 0 amide bonds. The third-order valence-electron chi connectivity index (χ3n) is 8.15. The lowest BCUT2D eigenvalue weighted by molar-refractivity contribution is -0.155. The molecule has 35 heavy (non-hydrogen) atoms. The van der Waals surface area contributed by atoms with Gasteiger partial charge in [0.05, 0.1) is 5.56 Å². The normalized spacial score (nSPS) is 28.3. The van der Waals surface area contributed by atoms with E-state index in [9.17, 15) is 34.8 Å². The summed E-state index contributed by atoms with van der Waals surface area (Å²) < 4.78 is 0. The Labute approximate surface area is 205 Å². The Morgan fingerprint density at radius 1 is 1.14 bits per heavy atom. The fourth-order valence-electron chi connectivity index (χ4n) is 6.57. The predicted octanol–water partition coefficient (Wildman–Crippen LogP) is 3.92. The maximum Gasteiger partial charge on any atom is 0.202 e. The van der Waals surface area contributed by atoms with E-state index in [1.807, 2.05) is 19.9 Å². The number of benzene rings is 1. The first-order chi connectivity index (χ1) is 16.4. The van der Waals surface area contributed by atoms with Crippen LogP contribution in [0, 0.1) is 23.7 Å². The Hall–Kier alpha value is -2.93. The van der Waals surface area contributed by atoms with Crippen LogP contribution in [0.2, 0.25) is 0 Å². The molecule has 4 rings (SSSR count). The lowest BCUT2D eigenvalue weighted by atomic mass is 9.54. The number of phenolic OH excluding ortho intramolecular Hbond substituents is 1. The number of aryl methyl sites for hydroxylation is 2. The van der Waals surface area contributed by atoms with E-state index >= 15 is 0 Å². The van der Waals surface area contributed by atoms with Gasteiger partial charge in [-0.3, -0.25) is 14.4 Å². The van der Waals surface area contributed by atoms with E-state index in [1.165, 1.54) is 0 Å². The lowest BCUT2D eigenvalue weighted by Gasteiger charge is -2.50. The van der Waals surface area contributed by atoms with Gasteiger partial charge in [-0.2, -0.15) is 0 Å². The minimum Gasteiger partial charge on any atom is -0.508 e. The van der Waals surface area contributed by atoms with Crippen molar-refractivity contribution in [3.63, 3.8) is 0 Å². The van der Waals surface area contributed by atoms with E-state index in [2.05, 4.69) is 0 Å². The van der Waals surface area contributed by atoms with Crippen LogP contribution in [0.4, 0.5) is 0 Å². The van der Waals surface area contributed by atoms with E-state index in [1.54, 1.807) is 13.8 Å². The number of ketones is 3. The van der Waals surface area contributed by atoms with Crippen molar-refractivity contribution in [2.45, 2.75) is 72.3 Å². The molecule has 1 aromatic carbocycles. The molecule has 0 heterocycles. The van der Waals surface area contributed by atoms with Crippen molar-refractivity contribution in [2.24, 2.45) is 23.7 Å². The second kappa shape index (κ2) is 8.63. The first-order valence-electron chi connectivity index (χ1n) is 12.5. The highest BCUT2D eigenvalue weighted by Crippen LogP contribution is 2.55. The maximum absolute atomic E-state index is 13.9. The molecular formula is C28H34O7. The number of fused-ring (bicyclic) bond motifs is 3. The molecule has 7 nitrogen and oxygen atoms in total. The molecular weight excluding hydrogens is 448 g/mol. The van der Waals surface area contributed by atoms with Crippen LogP contribution in [0.1, 0.15) is 69.7 Å². The summed E-state index contributed by atoms with van der Waals surface area (Å²) in [6.07, 6.45) is 2.59. The number of carbonyl (C=O) groups excluding carboxylic acids is 3. The Morgan fingerprint density at radius 3 is 2.34 bits per heavy atom. The van der Waals surface area contributed by atoms with Crippen molar-refractivity contribution in [1.29, 1.82) is 0 Å². The van der Waals surface area contributed by atoms with Gasteiger partial charge in [0.2, 0.25) is 5.78 Å². The van der Waals surface area contributed by atoms with Gasteiger partial charge in [-0.15, -0.1) is 0 Å². The van der Waals surface area contributed by atoms with Crippen LogP contribution in [-0.2, 0) is 33.6 Å². The molecule has 0 bridgehead atoms. The van der Waals surface area contributed by atoms with Crippen molar-refractivity contribution >= 4 is 23.1 Å². The zero-order valence-corrected chi connectivity index (χ0v) is 20.9. The topological polar surface area (TPSA) is 132 Å². The van der Waals surface area contributed by atoms with Gasteiger partial charge in [0.1, 0.15) is 22.8 Å². The SMILES string of the molecule is CCCc1cc(CC)c2c(c1O)C(O)=C1C(=O)[C@@]3(O)C(O)=C(C(C)=O)C(=O)C(C(C)C)C3CC1C2. The molecule has 0 radical (unpaired) electrons. The van der Waals surface area contributed by atoms with Crippen LogP contribution in [-0.4, -0.2) is 43.4 Å². The molecule has 0 saturated heterocycles. The zero-order chi connectivity index (χ0) is 26.0. The van der Waals surface area contributed by atoms with Crippen molar-refractivity contribution in [3.8, 4) is 5.75 Å². The van der Waals surface area contributed by atoms with Gasteiger partial charge in [-0.05, 0) is 61.1 Å². The van der Waals surface area contributed by atoms with Crippen molar-refractivity contribution < 1.29 is 34.8 Å². The highest BCUT2D eigenvalue weighted by molar-refractivity contribution is 6.24. The highest BCUT2D eigenvalue weighted by Gasteiger charge is 2.63. The van der Waals surface area contributed by atoms with Gasteiger partial charge in [0.25, 0.3) is 0 Å². The largest absolute Gasteiger partial charge is 0.508 e. The summed E-state index contributed by atoms with van der Waals surface area (Å²) in [5.41, 5.74) is -0.481. The van der Waals surface area contributed by atoms with Gasteiger partial charge in [0.15, 0.2) is 17.2 Å². The first kappa shape index (κ1) is 25.2. The number of hydrogen-bond donors (Lipinski definition) is 4. The predicted molar refractivity (Wildman–Crippen MR) is 130 cm³/mol. The molecule has 3 aliphatic carbocycles. The van der Waals surface area contributed by atoms with E-state index in [-0.39, 0.29) is 29.2 Å². The van der Waals surface area contributed by atoms with Gasteiger partial charge >= 0.3 is 0 Å². The monoisotopic (exact) mass is 482 g/mol. The number of allylic oxidation sites excluding steroid dienone is 1. The molecule has 4 N–H and O–H groups in total. The average molecular weight is 483 g/mol. The summed E-state index contributed by atoms with van der Waals surface area (Å²) in [4.78, 5) is 39.4. The molecule has 1 fully saturated rings. The minimum atomic E-state index is -2.49. The molecule has 1 saturated carbocycles. The number of phenols is 1. The van der Waals surface area contributed by atoms with Crippen LogP contribution in [0.3, 0.4) is 0 Å². The molecule has 0 spiro atoms. The van der Waals surface area contributed by atoms with E-state index in [0.717, 1.165) is 24.5 Å². The molecule has 188 valence electrons. The summed E-state index contributed by atoms with van der Waals surface area (Å²) in [6, 6.07) is 1.95. The second-order valence-corrected chi connectivity index (χ2v) is 10.5. The summed E-state index contributed by atoms with van der Waals surface area (Å²) in [7, 11) is 0. The first-order valence-corrected chi connectivity index (χ1v) is 12.5. The van der Waals surface area contributed by atoms with Crippen LogP contribution >= 0.6 is 0 Å². The van der Waals surface area contributed by atoms with Crippen LogP contribution in [0.25, 0.3) is 5.76 Å². The highest BCUT2D eigenvalue weighted by atomic mass is 16.3. The Bertz CT molecular complexity index is 1200. The fourth-order valence-corrected chi connectivity index (χ4v) is 6.57. The third-order valence-corrected chi connectivity index (χ3v) is 8.15. The Morgan fingerprint density at radius 2 is 1.80 bits per heavy atom. The summed E-state index contributed by atoms with van der Waals surface area (Å²) in [6.45, 7) is 8.67. The number of Topliss-reactive ketones (excluding diaryl/α,β-unsaturated/α-hetero) is 3. The maximum atomic E-state index is 13.9. The van der Waals surface area contributed by atoms with Crippen LogP contribution < -0.4 is 0 Å². The lowest BCUT2D eigenvalue weighted by Crippen LogP contribution is -2.61. The standard InChI is InChI=1S/C28H34O7/c1-6-8-15-9-14(7-2)17-10-16-11-18-19(12(3)4)24(31)20(13(5)29)26(33)28(18,35)27(34)21(16)25(32)22(17)23(15)30/h9,12,16,18-19,30,32-33,35H,6-8,10-11H2,1-5H3/t16?,18?,19?,28-/m0/s1. The number of aromatic hydroxyl groups is 1. The number of carbonyl (C=O) groups is 3. The summed E-state index contributed by atoms with van der Waals surface area (Å²) in [5, 5.41) is 45.1. The molecule has 0 aliphatic heterocycles. The average Bonchev–Trinajstić information content (AvgIpc) is 2.77. The molecule has 3 aliphatic rings. The quantitative estimate of drug-likeness (QED) is 0.468. The van der Waals surface area contributed by atoms with Gasteiger partial charge in [-0.1, -0.05) is 40.2 Å². The smallest absolute Gasteiger partial charge is 0.202 e. The van der Waals surface area contributed by atoms with Crippen molar-refractivity contribution in [2.75, 3.05) is 0 Å². The molecule has 4 atom stereocenters. The van der Waals surface area contributed by atoms with Gasteiger partial charge in [0, 0.05) is 17.4 Å². The number of aliphatic hydroxyl groups excluding tert-OH is 2. The molecule has 1 aromatic rings. The molecule has 7 heteroatoms. The summed E-state index contributed by atoms with van der Waals surface area (Å²) >= 11 is 0. The minimum absolute atomic E-state index is 0.0615. The fraction of sp³-hybridized carbons (Fsp3) is 0.536. The third kappa shape index (κ3) is 3.39. The Kier molecular flexibility index (Phi) is 6.20. The molecule has 0 aromatic heterocycles. The van der Waals surface area contributed by atoms with E-state index in [0.29, 0.717) is 24.8 Å². The number of aliphatic hydroxyl groups is 3. The van der Waals surface area contributed by atoms with E-state index < -0.39 is 57.8 Å². The second-order valence-electron chi connectivity index (χ2n) is 10.5.